The standard InChI is InChI=1S/C15H18N2O/c1-11-4-6-14(7-5-11)17(3)15-9-13(10-18)8-12(2)16-15/h4-9,18H,10H2,1-3H3. The van der Waals surface area contributed by atoms with E-state index >= 15 is 0 Å². The van der Waals surface area contributed by atoms with E-state index in [1.165, 1.54) is 5.56 Å². The van der Waals surface area contributed by atoms with Crippen molar-refractivity contribution < 1.29 is 5.11 Å². The molecule has 1 N–H and O–H groups in total. The number of hydrogen-bond donors (Lipinski definition) is 1. The third kappa shape index (κ3) is 2.68. The van der Waals surface area contributed by atoms with Gasteiger partial charge in [0.25, 0.3) is 0 Å². The Labute approximate surface area is 108 Å². The van der Waals surface area contributed by atoms with Crippen LogP contribution in [0.4, 0.5) is 11.5 Å². The van der Waals surface area contributed by atoms with E-state index in [0.29, 0.717) is 0 Å². The molecule has 18 heavy (non-hydrogen) atoms. The molecule has 2 rings (SSSR count). The van der Waals surface area contributed by atoms with Crippen LogP contribution >= 0.6 is 0 Å². The molecule has 0 atom stereocenters. The second-order valence-electron chi connectivity index (χ2n) is 4.53. The number of nitrogens with zero attached hydrogens (tertiary/aromatic N) is 2. The third-order valence-corrected chi connectivity index (χ3v) is 2.95. The first-order valence-corrected chi connectivity index (χ1v) is 5.99. The summed E-state index contributed by atoms with van der Waals surface area (Å²) in [5, 5.41) is 9.23. The fraction of sp³-hybridized carbons (Fsp3) is 0.267. The molecule has 1 aromatic carbocycles. The van der Waals surface area contributed by atoms with Crippen molar-refractivity contribution in [2.45, 2.75) is 20.5 Å². The molecule has 1 heterocycles. The molecule has 3 nitrogen and oxygen atoms in total. The predicted octanol–water partition coefficient (Wildman–Crippen LogP) is 2.96. The van der Waals surface area contributed by atoms with E-state index in [9.17, 15) is 5.11 Å². The number of anilines is 2. The first-order chi connectivity index (χ1) is 8.60. The Bertz CT molecular complexity index is 535. The van der Waals surface area contributed by atoms with Gasteiger partial charge in [0.2, 0.25) is 0 Å². The summed E-state index contributed by atoms with van der Waals surface area (Å²) >= 11 is 0. The zero-order chi connectivity index (χ0) is 13.1. The maximum absolute atomic E-state index is 9.23. The molecule has 0 amide bonds. The summed E-state index contributed by atoms with van der Waals surface area (Å²) in [6.45, 7) is 4.04. The van der Waals surface area contributed by atoms with Crippen LogP contribution in [0.25, 0.3) is 0 Å². The van der Waals surface area contributed by atoms with Gasteiger partial charge in [-0.05, 0) is 43.7 Å². The van der Waals surface area contributed by atoms with Gasteiger partial charge in [0.15, 0.2) is 0 Å². The molecular formula is C15H18N2O. The van der Waals surface area contributed by atoms with Crippen molar-refractivity contribution in [1.82, 2.24) is 4.98 Å². The number of benzene rings is 1. The van der Waals surface area contributed by atoms with E-state index in [1.807, 2.05) is 31.0 Å². The molecular weight excluding hydrogens is 224 g/mol. The number of aliphatic hydroxyl groups excluding tert-OH is 1. The summed E-state index contributed by atoms with van der Waals surface area (Å²) in [5.41, 5.74) is 4.12. The minimum Gasteiger partial charge on any atom is -0.392 e. The zero-order valence-corrected chi connectivity index (χ0v) is 11.0. The van der Waals surface area contributed by atoms with Gasteiger partial charge in [0.1, 0.15) is 5.82 Å². The minimum atomic E-state index is 0.0398. The number of aromatic nitrogens is 1. The molecule has 0 fully saturated rings. The molecule has 0 bridgehead atoms. The van der Waals surface area contributed by atoms with Crippen LogP contribution in [0.15, 0.2) is 36.4 Å². The van der Waals surface area contributed by atoms with E-state index in [1.54, 1.807) is 0 Å². The second-order valence-corrected chi connectivity index (χ2v) is 4.53. The highest BCUT2D eigenvalue weighted by Crippen LogP contribution is 2.23. The number of pyridine rings is 1. The van der Waals surface area contributed by atoms with Crippen LogP contribution in [0.3, 0.4) is 0 Å². The first-order valence-electron chi connectivity index (χ1n) is 5.99. The van der Waals surface area contributed by atoms with E-state index in [0.717, 1.165) is 22.8 Å². The molecule has 0 radical (unpaired) electrons. The van der Waals surface area contributed by atoms with Gasteiger partial charge in [-0.3, -0.25) is 0 Å². The van der Waals surface area contributed by atoms with Crippen molar-refractivity contribution in [3.63, 3.8) is 0 Å². The number of hydrogen-bond acceptors (Lipinski definition) is 3. The molecule has 0 saturated carbocycles. The fourth-order valence-corrected chi connectivity index (χ4v) is 1.88. The van der Waals surface area contributed by atoms with Crippen molar-refractivity contribution in [2.24, 2.45) is 0 Å². The average molecular weight is 242 g/mol. The smallest absolute Gasteiger partial charge is 0.133 e. The molecule has 2 aromatic rings. The quantitative estimate of drug-likeness (QED) is 0.899. The Balaban J connectivity index is 2.35. The number of rotatable bonds is 3. The van der Waals surface area contributed by atoms with Crippen LogP contribution in [0, 0.1) is 13.8 Å². The Hall–Kier alpha value is -1.87. The lowest BCUT2D eigenvalue weighted by atomic mass is 10.2. The molecule has 0 aliphatic carbocycles. The number of aliphatic hydroxyl groups is 1. The van der Waals surface area contributed by atoms with E-state index in [4.69, 9.17) is 0 Å². The molecule has 3 heteroatoms. The largest absolute Gasteiger partial charge is 0.392 e. The van der Waals surface area contributed by atoms with Crippen molar-refractivity contribution in [1.29, 1.82) is 0 Å². The summed E-state index contributed by atoms with van der Waals surface area (Å²) in [6, 6.07) is 12.1. The fourth-order valence-electron chi connectivity index (χ4n) is 1.88. The van der Waals surface area contributed by atoms with Crippen LogP contribution in [-0.4, -0.2) is 17.1 Å². The van der Waals surface area contributed by atoms with Gasteiger partial charge in [-0.15, -0.1) is 0 Å². The average Bonchev–Trinajstić information content (AvgIpc) is 2.38. The highest BCUT2D eigenvalue weighted by atomic mass is 16.3. The Morgan fingerprint density at radius 2 is 1.78 bits per heavy atom. The number of aryl methyl sites for hydroxylation is 2. The van der Waals surface area contributed by atoms with Crippen molar-refractivity contribution in [3.8, 4) is 0 Å². The van der Waals surface area contributed by atoms with Crippen LogP contribution in [0.1, 0.15) is 16.8 Å². The van der Waals surface area contributed by atoms with Gasteiger partial charge in [-0.2, -0.15) is 0 Å². The van der Waals surface area contributed by atoms with Crippen molar-refractivity contribution in [2.75, 3.05) is 11.9 Å². The summed E-state index contributed by atoms with van der Waals surface area (Å²) in [6.07, 6.45) is 0. The van der Waals surface area contributed by atoms with Crippen LogP contribution in [-0.2, 0) is 6.61 Å². The lowest BCUT2D eigenvalue weighted by Gasteiger charge is -2.19. The van der Waals surface area contributed by atoms with Gasteiger partial charge in [0, 0.05) is 18.4 Å². The minimum absolute atomic E-state index is 0.0398. The Morgan fingerprint density at radius 1 is 1.11 bits per heavy atom. The third-order valence-electron chi connectivity index (χ3n) is 2.95. The highest BCUT2D eigenvalue weighted by molar-refractivity contribution is 5.60. The maximum atomic E-state index is 9.23. The summed E-state index contributed by atoms with van der Waals surface area (Å²) in [7, 11) is 1.98. The Morgan fingerprint density at radius 3 is 2.39 bits per heavy atom. The molecule has 0 unspecified atom stereocenters. The van der Waals surface area contributed by atoms with Gasteiger partial charge in [-0.1, -0.05) is 17.7 Å². The van der Waals surface area contributed by atoms with Gasteiger partial charge < -0.3 is 10.0 Å². The Kier molecular flexibility index (Phi) is 3.63. The SMILES string of the molecule is Cc1ccc(N(C)c2cc(CO)cc(C)n2)cc1. The van der Waals surface area contributed by atoms with Crippen LogP contribution in [0.2, 0.25) is 0 Å². The molecule has 0 aliphatic rings. The lowest BCUT2D eigenvalue weighted by molar-refractivity contribution is 0.281. The summed E-state index contributed by atoms with van der Waals surface area (Å²) in [5.74, 6) is 0.850. The first kappa shape index (κ1) is 12.6. The highest BCUT2D eigenvalue weighted by Gasteiger charge is 2.07. The molecule has 0 spiro atoms. The summed E-state index contributed by atoms with van der Waals surface area (Å²) in [4.78, 5) is 6.51. The topological polar surface area (TPSA) is 36.4 Å². The molecule has 1 aromatic heterocycles. The van der Waals surface area contributed by atoms with Crippen molar-refractivity contribution >= 4 is 11.5 Å². The maximum Gasteiger partial charge on any atom is 0.133 e. The normalized spacial score (nSPS) is 10.4. The molecule has 0 aliphatic heterocycles. The van der Waals surface area contributed by atoms with Crippen LogP contribution in [0.5, 0.6) is 0 Å². The predicted molar refractivity (Wildman–Crippen MR) is 74.1 cm³/mol. The van der Waals surface area contributed by atoms with E-state index in [2.05, 4.69) is 36.2 Å². The second kappa shape index (κ2) is 5.19. The summed E-state index contributed by atoms with van der Waals surface area (Å²) < 4.78 is 0. The van der Waals surface area contributed by atoms with Gasteiger partial charge in [0.05, 0.1) is 6.61 Å². The van der Waals surface area contributed by atoms with Crippen LogP contribution < -0.4 is 4.90 Å². The zero-order valence-electron chi connectivity index (χ0n) is 11.0. The molecule has 0 saturated heterocycles. The van der Waals surface area contributed by atoms with Gasteiger partial charge in [-0.25, -0.2) is 4.98 Å². The van der Waals surface area contributed by atoms with E-state index in [-0.39, 0.29) is 6.61 Å². The van der Waals surface area contributed by atoms with Gasteiger partial charge >= 0.3 is 0 Å². The molecule has 94 valence electrons. The lowest BCUT2D eigenvalue weighted by Crippen LogP contribution is -2.12. The van der Waals surface area contributed by atoms with Crippen molar-refractivity contribution in [3.05, 3.63) is 53.2 Å². The monoisotopic (exact) mass is 242 g/mol. The van der Waals surface area contributed by atoms with E-state index < -0.39 is 0 Å².